The zero-order chi connectivity index (χ0) is 17.1. The van der Waals surface area contributed by atoms with E-state index in [4.69, 9.17) is 5.73 Å². The largest absolute Gasteiger partial charge is 0.337 e. The number of likely N-dealkylation sites (tertiary alicyclic amines) is 1. The average molecular weight is 366 g/mol. The van der Waals surface area contributed by atoms with Crippen molar-refractivity contribution in [3.63, 3.8) is 0 Å². The SMILES string of the molecule is CC1CCN(C(=O)CN2C(=O)CCCc3ccccc32)C(CN)C1.Cl. The number of para-hydroxylation sites is 1. The summed E-state index contributed by atoms with van der Waals surface area (Å²) in [4.78, 5) is 29.0. The second-order valence-electron chi connectivity index (χ2n) is 7.07. The fourth-order valence-electron chi connectivity index (χ4n) is 3.89. The predicted octanol–water partition coefficient (Wildman–Crippen LogP) is 2.36. The molecule has 138 valence electrons. The Morgan fingerprint density at radius 2 is 2.04 bits per heavy atom. The number of carbonyl (C=O) groups is 2. The third kappa shape index (κ3) is 4.33. The molecule has 0 bridgehead atoms. The molecule has 2 heterocycles. The number of anilines is 1. The average Bonchev–Trinajstić information content (AvgIpc) is 2.74. The molecule has 0 saturated carbocycles. The van der Waals surface area contributed by atoms with Crippen LogP contribution < -0.4 is 10.6 Å². The Labute approximate surface area is 155 Å². The van der Waals surface area contributed by atoms with Crippen molar-refractivity contribution < 1.29 is 9.59 Å². The second-order valence-corrected chi connectivity index (χ2v) is 7.07. The van der Waals surface area contributed by atoms with Crippen LogP contribution in [-0.2, 0) is 16.0 Å². The molecule has 0 aliphatic carbocycles. The maximum Gasteiger partial charge on any atom is 0.242 e. The van der Waals surface area contributed by atoms with Gasteiger partial charge < -0.3 is 15.5 Å². The molecule has 6 heteroatoms. The number of piperidine rings is 1. The van der Waals surface area contributed by atoms with E-state index in [-0.39, 0.29) is 36.8 Å². The van der Waals surface area contributed by atoms with Gasteiger partial charge in [0, 0.05) is 31.2 Å². The van der Waals surface area contributed by atoms with Crippen LogP contribution >= 0.6 is 12.4 Å². The standard InChI is InChI=1S/C19H27N3O2.ClH/c1-14-9-10-21(16(11-14)12-20)19(24)13-22-17-7-3-2-5-15(17)6-4-8-18(22)23;/h2-3,5,7,14,16H,4,6,8-13,20H2,1H3;1H. The van der Waals surface area contributed by atoms with E-state index >= 15 is 0 Å². The van der Waals surface area contributed by atoms with Crippen LogP contribution in [0.1, 0.15) is 38.2 Å². The summed E-state index contributed by atoms with van der Waals surface area (Å²) in [6, 6.07) is 8.02. The number of benzene rings is 1. The quantitative estimate of drug-likeness (QED) is 0.894. The first kappa shape index (κ1) is 19.7. The molecule has 1 saturated heterocycles. The first-order valence-electron chi connectivity index (χ1n) is 8.98. The molecule has 25 heavy (non-hydrogen) atoms. The topological polar surface area (TPSA) is 66.6 Å². The van der Waals surface area contributed by atoms with E-state index in [0.29, 0.717) is 18.9 Å². The minimum Gasteiger partial charge on any atom is -0.337 e. The Balaban J connectivity index is 0.00000225. The number of aryl methyl sites for hydroxylation is 1. The van der Waals surface area contributed by atoms with Gasteiger partial charge in [0.1, 0.15) is 6.54 Å². The molecule has 0 radical (unpaired) electrons. The number of hydrogen-bond acceptors (Lipinski definition) is 3. The highest BCUT2D eigenvalue weighted by Gasteiger charge is 2.31. The van der Waals surface area contributed by atoms with Crippen LogP contribution in [0.2, 0.25) is 0 Å². The molecular weight excluding hydrogens is 338 g/mol. The Hall–Kier alpha value is -1.59. The zero-order valence-electron chi connectivity index (χ0n) is 14.8. The monoisotopic (exact) mass is 365 g/mol. The van der Waals surface area contributed by atoms with Gasteiger partial charge >= 0.3 is 0 Å². The minimum absolute atomic E-state index is 0. The van der Waals surface area contributed by atoms with Gasteiger partial charge in [-0.15, -0.1) is 12.4 Å². The van der Waals surface area contributed by atoms with E-state index in [2.05, 4.69) is 13.0 Å². The van der Waals surface area contributed by atoms with Gasteiger partial charge in [0.05, 0.1) is 0 Å². The van der Waals surface area contributed by atoms with E-state index in [1.807, 2.05) is 23.1 Å². The number of hydrogen-bond donors (Lipinski definition) is 1. The lowest BCUT2D eigenvalue weighted by molar-refractivity contribution is -0.135. The van der Waals surface area contributed by atoms with Gasteiger partial charge in [0.15, 0.2) is 0 Å². The summed E-state index contributed by atoms with van der Waals surface area (Å²) in [5.74, 6) is 0.661. The van der Waals surface area contributed by atoms with Crippen LogP contribution in [0.25, 0.3) is 0 Å². The molecule has 1 fully saturated rings. The number of nitrogens with two attached hydrogens (primary N) is 1. The number of amides is 2. The van der Waals surface area contributed by atoms with Gasteiger partial charge in [-0.1, -0.05) is 25.1 Å². The predicted molar refractivity (Wildman–Crippen MR) is 102 cm³/mol. The molecule has 0 spiro atoms. The van der Waals surface area contributed by atoms with Gasteiger partial charge in [-0.05, 0) is 43.2 Å². The first-order valence-corrected chi connectivity index (χ1v) is 8.98. The smallest absolute Gasteiger partial charge is 0.242 e. The van der Waals surface area contributed by atoms with Crippen molar-refractivity contribution in [1.82, 2.24) is 4.90 Å². The Bertz CT molecular complexity index is 622. The molecule has 1 aromatic carbocycles. The van der Waals surface area contributed by atoms with Crippen molar-refractivity contribution in [3.8, 4) is 0 Å². The zero-order valence-corrected chi connectivity index (χ0v) is 15.6. The van der Waals surface area contributed by atoms with Crippen LogP contribution in [0.15, 0.2) is 24.3 Å². The Kier molecular flexibility index (Phi) is 6.85. The minimum atomic E-state index is 0. The summed E-state index contributed by atoms with van der Waals surface area (Å²) >= 11 is 0. The van der Waals surface area contributed by atoms with Gasteiger partial charge in [0.25, 0.3) is 0 Å². The normalized spacial score (nSPS) is 23.5. The third-order valence-electron chi connectivity index (χ3n) is 5.28. The fraction of sp³-hybridized carbons (Fsp3) is 0.579. The molecule has 2 aliphatic rings. The Morgan fingerprint density at radius 1 is 1.28 bits per heavy atom. The van der Waals surface area contributed by atoms with Crippen LogP contribution in [0.4, 0.5) is 5.69 Å². The lowest BCUT2D eigenvalue weighted by Crippen LogP contribution is -2.52. The van der Waals surface area contributed by atoms with Crippen molar-refractivity contribution in [2.75, 3.05) is 24.5 Å². The van der Waals surface area contributed by atoms with Crippen molar-refractivity contribution in [2.45, 2.75) is 45.1 Å². The summed E-state index contributed by atoms with van der Waals surface area (Å²) in [6.45, 7) is 3.56. The van der Waals surface area contributed by atoms with Crippen molar-refractivity contribution in [2.24, 2.45) is 11.7 Å². The summed E-state index contributed by atoms with van der Waals surface area (Å²) in [6.07, 6.45) is 4.19. The molecule has 0 aromatic heterocycles. The third-order valence-corrected chi connectivity index (χ3v) is 5.28. The number of nitrogens with zero attached hydrogens (tertiary/aromatic N) is 2. The first-order chi connectivity index (χ1) is 11.6. The van der Waals surface area contributed by atoms with Crippen molar-refractivity contribution in [3.05, 3.63) is 29.8 Å². The lowest BCUT2D eigenvalue weighted by Gasteiger charge is -2.39. The van der Waals surface area contributed by atoms with E-state index in [1.54, 1.807) is 4.90 Å². The molecular formula is C19H28ClN3O2. The molecule has 2 atom stereocenters. The number of carbonyl (C=O) groups excluding carboxylic acids is 2. The van der Waals surface area contributed by atoms with Crippen LogP contribution in [0.5, 0.6) is 0 Å². The Morgan fingerprint density at radius 3 is 2.80 bits per heavy atom. The number of halogens is 1. The van der Waals surface area contributed by atoms with Gasteiger partial charge in [0.2, 0.25) is 11.8 Å². The van der Waals surface area contributed by atoms with Crippen LogP contribution in [-0.4, -0.2) is 42.4 Å². The second kappa shape index (κ2) is 8.68. The maximum atomic E-state index is 12.9. The summed E-state index contributed by atoms with van der Waals surface area (Å²) in [5, 5.41) is 0. The molecule has 2 amide bonds. The highest BCUT2D eigenvalue weighted by molar-refractivity contribution is 5.99. The van der Waals surface area contributed by atoms with Crippen molar-refractivity contribution in [1.29, 1.82) is 0 Å². The summed E-state index contributed by atoms with van der Waals surface area (Å²) in [7, 11) is 0. The van der Waals surface area contributed by atoms with E-state index in [0.717, 1.165) is 43.5 Å². The fourth-order valence-corrected chi connectivity index (χ4v) is 3.89. The molecule has 2 unspecified atom stereocenters. The van der Waals surface area contributed by atoms with Crippen molar-refractivity contribution >= 4 is 29.9 Å². The van der Waals surface area contributed by atoms with Crippen LogP contribution in [0, 0.1) is 5.92 Å². The summed E-state index contributed by atoms with van der Waals surface area (Å²) < 4.78 is 0. The number of rotatable bonds is 3. The van der Waals surface area contributed by atoms with E-state index < -0.39 is 0 Å². The van der Waals surface area contributed by atoms with Gasteiger partial charge in [-0.3, -0.25) is 9.59 Å². The maximum absolute atomic E-state index is 12.9. The van der Waals surface area contributed by atoms with E-state index in [1.165, 1.54) is 0 Å². The van der Waals surface area contributed by atoms with Gasteiger partial charge in [-0.25, -0.2) is 0 Å². The highest BCUT2D eigenvalue weighted by atomic mass is 35.5. The molecule has 1 aromatic rings. The molecule has 2 aliphatic heterocycles. The van der Waals surface area contributed by atoms with Gasteiger partial charge in [-0.2, -0.15) is 0 Å². The molecule has 2 N–H and O–H groups in total. The van der Waals surface area contributed by atoms with E-state index in [9.17, 15) is 9.59 Å². The molecule has 5 nitrogen and oxygen atoms in total. The number of fused-ring (bicyclic) bond motifs is 1. The highest BCUT2D eigenvalue weighted by Crippen LogP contribution is 2.28. The van der Waals surface area contributed by atoms with Crippen LogP contribution in [0.3, 0.4) is 0 Å². The summed E-state index contributed by atoms with van der Waals surface area (Å²) in [5.41, 5.74) is 7.92. The lowest BCUT2D eigenvalue weighted by atomic mass is 9.92. The molecule has 3 rings (SSSR count).